The maximum atomic E-state index is 13.0. The zero-order chi connectivity index (χ0) is 26.9. The Hall–Kier alpha value is -3.03. The van der Waals surface area contributed by atoms with E-state index in [1.165, 1.54) is 34.6 Å². The molecule has 1 aromatic heterocycles. The SMILES string of the molecule is CC1(C)CCC(CN2CCN(c3ccc(C(N)=O)cc3)CC2)=C(c2cc(-c3ccc(C(F)F)cc3)cs2)C1. The van der Waals surface area contributed by atoms with Crippen molar-refractivity contribution in [1.29, 1.82) is 0 Å². The molecule has 200 valence electrons. The highest BCUT2D eigenvalue weighted by atomic mass is 32.1. The van der Waals surface area contributed by atoms with E-state index in [-0.39, 0.29) is 11.0 Å². The minimum absolute atomic E-state index is 0.0611. The van der Waals surface area contributed by atoms with Crippen LogP contribution in [0.2, 0.25) is 0 Å². The molecule has 1 aliphatic heterocycles. The number of rotatable bonds is 7. The number of hydrogen-bond acceptors (Lipinski definition) is 4. The molecule has 0 spiro atoms. The zero-order valence-corrected chi connectivity index (χ0v) is 22.9. The number of anilines is 1. The zero-order valence-electron chi connectivity index (χ0n) is 22.1. The summed E-state index contributed by atoms with van der Waals surface area (Å²) in [7, 11) is 0. The van der Waals surface area contributed by atoms with Crippen LogP contribution in [0.4, 0.5) is 14.5 Å². The van der Waals surface area contributed by atoms with E-state index < -0.39 is 12.3 Å². The van der Waals surface area contributed by atoms with Gasteiger partial charge in [-0.05, 0) is 77.1 Å². The molecule has 0 radical (unpaired) electrons. The summed E-state index contributed by atoms with van der Waals surface area (Å²) in [4.78, 5) is 17.6. The van der Waals surface area contributed by atoms with E-state index in [0.717, 1.165) is 62.4 Å². The maximum Gasteiger partial charge on any atom is 0.263 e. The van der Waals surface area contributed by atoms with Crippen LogP contribution in [0.25, 0.3) is 16.7 Å². The van der Waals surface area contributed by atoms with Gasteiger partial charge in [-0.1, -0.05) is 43.7 Å². The van der Waals surface area contributed by atoms with Gasteiger partial charge in [0, 0.05) is 54.4 Å². The predicted molar refractivity (Wildman–Crippen MR) is 153 cm³/mol. The van der Waals surface area contributed by atoms with Gasteiger partial charge in [-0.2, -0.15) is 0 Å². The highest BCUT2D eigenvalue weighted by Gasteiger charge is 2.30. The quantitative estimate of drug-likeness (QED) is 0.347. The molecule has 4 nitrogen and oxygen atoms in total. The van der Waals surface area contributed by atoms with E-state index in [2.05, 4.69) is 35.1 Å². The first-order valence-electron chi connectivity index (χ1n) is 13.2. The van der Waals surface area contributed by atoms with Crippen molar-refractivity contribution in [2.24, 2.45) is 11.1 Å². The number of carbonyl (C=O) groups is 1. The van der Waals surface area contributed by atoms with Gasteiger partial charge in [0.25, 0.3) is 6.43 Å². The molecule has 0 unspecified atom stereocenters. The molecule has 1 amide bonds. The molecule has 0 saturated carbocycles. The second-order valence-electron chi connectivity index (χ2n) is 11.2. The van der Waals surface area contributed by atoms with Crippen molar-refractivity contribution in [1.82, 2.24) is 4.90 Å². The number of primary amides is 1. The van der Waals surface area contributed by atoms with E-state index in [1.807, 2.05) is 12.1 Å². The number of nitrogens with zero attached hydrogens (tertiary/aromatic N) is 2. The molecule has 7 heteroatoms. The lowest BCUT2D eigenvalue weighted by atomic mass is 9.73. The van der Waals surface area contributed by atoms with Crippen molar-refractivity contribution in [2.75, 3.05) is 37.6 Å². The number of nitrogens with two attached hydrogens (primary N) is 1. The van der Waals surface area contributed by atoms with E-state index in [9.17, 15) is 13.6 Å². The van der Waals surface area contributed by atoms with Gasteiger partial charge in [-0.25, -0.2) is 8.78 Å². The summed E-state index contributed by atoms with van der Waals surface area (Å²) in [6.07, 6.45) is 0.904. The highest BCUT2D eigenvalue weighted by Crippen LogP contribution is 2.45. The molecule has 2 heterocycles. The maximum absolute atomic E-state index is 13.0. The first-order valence-corrected chi connectivity index (χ1v) is 14.1. The van der Waals surface area contributed by atoms with Gasteiger partial charge >= 0.3 is 0 Å². The van der Waals surface area contributed by atoms with Crippen LogP contribution in [-0.4, -0.2) is 43.5 Å². The number of benzene rings is 2. The minimum atomic E-state index is -2.44. The summed E-state index contributed by atoms with van der Waals surface area (Å²) in [5, 5.41) is 2.15. The number of halogens is 2. The molecule has 2 aliphatic rings. The Kier molecular flexibility index (Phi) is 7.68. The Labute approximate surface area is 227 Å². The third-order valence-corrected chi connectivity index (χ3v) is 8.87. The molecule has 0 atom stereocenters. The molecule has 3 aromatic rings. The fraction of sp³-hybridized carbons (Fsp3) is 0.387. The molecule has 2 aromatic carbocycles. The molecule has 38 heavy (non-hydrogen) atoms. The van der Waals surface area contributed by atoms with Crippen molar-refractivity contribution >= 4 is 28.5 Å². The van der Waals surface area contributed by atoms with E-state index >= 15 is 0 Å². The number of hydrogen-bond donors (Lipinski definition) is 1. The summed E-state index contributed by atoms with van der Waals surface area (Å²) in [5.74, 6) is -0.399. The van der Waals surface area contributed by atoms with Crippen molar-refractivity contribution in [3.05, 3.63) is 81.6 Å². The predicted octanol–water partition coefficient (Wildman–Crippen LogP) is 7.24. The standard InChI is InChI=1S/C31H35F2N3OS/c1-31(2)12-11-24(19-35-13-15-36(16-14-35)26-9-7-23(8-10-26)30(34)37)27(18-31)28-17-25(20-38-28)21-3-5-22(6-4-21)29(32)33/h3-10,17,20,29H,11-16,18-19H2,1-2H3,(H2,34,37). The van der Waals surface area contributed by atoms with Crippen LogP contribution in [0.3, 0.4) is 0 Å². The third-order valence-electron chi connectivity index (χ3n) is 7.88. The topological polar surface area (TPSA) is 49.6 Å². The molecule has 2 N–H and O–H groups in total. The summed E-state index contributed by atoms with van der Waals surface area (Å²) < 4.78 is 26.0. The van der Waals surface area contributed by atoms with Crippen molar-refractivity contribution < 1.29 is 13.6 Å². The van der Waals surface area contributed by atoms with Crippen LogP contribution in [0.15, 0.2) is 65.6 Å². The molecule has 5 rings (SSSR count). The molecular formula is C31H35F2N3OS. The Bertz CT molecular complexity index is 1300. The second-order valence-corrected chi connectivity index (χ2v) is 12.1. The van der Waals surface area contributed by atoms with Gasteiger partial charge in [0.1, 0.15) is 0 Å². The number of carbonyl (C=O) groups excluding carboxylic acids is 1. The molecule has 1 fully saturated rings. The van der Waals surface area contributed by atoms with Crippen LogP contribution in [0.5, 0.6) is 0 Å². The Balaban J connectivity index is 1.30. The average Bonchev–Trinajstić information content (AvgIpc) is 3.40. The number of piperazine rings is 1. The van der Waals surface area contributed by atoms with Gasteiger partial charge in [-0.15, -0.1) is 11.3 Å². The fourth-order valence-corrected chi connectivity index (χ4v) is 6.52. The first kappa shape index (κ1) is 26.6. The van der Waals surface area contributed by atoms with Crippen LogP contribution in [0.1, 0.15) is 60.3 Å². The monoisotopic (exact) mass is 535 g/mol. The van der Waals surface area contributed by atoms with Crippen molar-refractivity contribution in [2.45, 2.75) is 39.5 Å². The lowest BCUT2D eigenvalue weighted by molar-refractivity contribution is 0.1000. The largest absolute Gasteiger partial charge is 0.369 e. The normalized spacial score (nSPS) is 18.3. The van der Waals surface area contributed by atoms with E-state index in [1.54, 1.807) is 35.6 Å². The molecule has 1 aliphatic carbocycles. The Morgan fingerprint density at radius 2 is 1.68 bits per heavy atom. The average molecular weight is 536 g/mol. The first-order chi connectivity index (χ1) is 18.2. The van der Waals surface area contributed by atoms with Gasteiger partial charge in [0.2, 0.25) is 5.91 Å². The van der Waals surface area contributed by atoms with E-state index in [4.69, 9.17) is 5.73 Å². The van der Waals surface area contributed by atoms with Crippen LogP contribution < -0.4 is 10.6 Å². The molecule has 0 bridgehead atoms. The molecule has 1 saturated heterocycles. The van der Waals surface area contributed by atoms with Crippen LogP contribution in [0, 0.1) is 5.41 Å². The van der Waals surface area contributed by atoms with Crippen molar-refractivity contribution in [3.8, 4) is 11.1 Å². The summed E-state index contributed by atoms with van der Waals surface area (Å²) in [5.41, 5.74) is 12.4. The number of alkyl halides is 2. The highest BCUT2D eigenvalue weighted by molar-refractivity contribution is 7.11. The third kappa shape index (κ3) is 6.00. The van der Waals surface area contributed by atoms with Gasteiger partial charge in [0.05, 0.1) is 0 Å². The van der Waals surface area contributed by atoms with Gasteiger partial charge in [-0.3, -0.25) is 9.69 Å². The van der Waals surface area contributed by atoms with Crippen molar-refractivity contribution in [3.63, 3.8) is 0 Å². The van der Waals surface area contributed by atoms with Crippen LogP contribution >= 0.6 is 11.3 Å². The van der Waals surface area contributed by atoms with Gasteiger partial charge < -0.3 is 10.6 Å². The summed E-state index contributed by atoms with van der Waals surface area (Å²) in [6.45, 7) is 9.56. The fourth-order valence-electron chi connectivity index (χ4n) is 5.51. The smallest absolute Gasteiger partial charge is 0.263 e. The van der Waals surface area contributed by atoms with Crippen LogP contribution in [-0.2, 0) is 0 Å². The lowest BCUT2D eigenvalue weighted by Gasteiger charge is -2.39. The number of thiophene rings is 1. The second kappa shape index (κ2) is 11.0. The summed E-state index contributed by atoms with van der Waals surface area (Å²) >= 11 is 1.76. The Morgan fingerprint density at radius 3 is 2.32 bits per heavy atom. The lowest BCUT2D eigenvalue weighted by Crippen LogP contribution is -2.47. The number of amides is 1. The van der Waals surface area contributed by atoms with E-state index in [0.29, 0.717) is 5.56 Å². The molecular weight excluding hydrogens is 500 g/mol. The van der Waals surface area contributed by atoms with Gasteiger partial charge in [0.15, 0.2) is 0 Å². The summed E-state index contributed by atoms with van der Waals surface area (Å²) in [6, 6.07) is 16.5. The Morgan fingerprint density at radius 1 is 1.00 bits per heavy atom. The minimum Gasteiger partial charge on any atom is -0.369 e. The number of allylic oxidation sites excluding steroid dienone is 1.